The second-order valence-electron chi connectivity index (χ2n) is 4.65. The number of methoxy groups -OCH3 is 2. The molecule has 3 N–H and O–H groups in total. The van der Waals surface area contributed by atoms with Crippen LogP contribution < -0.4 is 11.1 Å². The van der Waals surface area contributed by atoms with Gasteiger partial charge in [-0.3, -0.25) is 4.79 Å². The lowest BCUT2D eigenvalue weighted by molar-refractivity contribution is -0.233. The molecule has 0 aromatic carbocycles. The summed E-state index contributed by atoms with van der Waals surface area (Å²) in [5.41, 5.74) is 5.08. The van der Waals surface area contributed by atoms with E-state index in [2.05, 4.69) is 5.32 Å². The molecule has 0 aliphatic carbocycles. The van der Waals surface area contributed by atoms with Gasteiger partial charge in [-0.1, -0.05) is 0 Å². The summed E-state index contributed by atoms with van der Waals surface area (Å²) in [6.07, 6.45) is -1.29. The lowest BCUT2D eigenvalue weighted by Gasteiger charge is -2.45. The van der Waals surface area contributed by atoms with Crippen LogP contribution in [0.25, 0.3) is 0 Å². The predicted molar refractivity (Wildman–Crippen MR) is 61.8 cm³/mol. The van der Waals surface area contributed by atoms with Gasteiger partial charge in [0.15, 0.2) is 6.29 Å². The van der Waals surface area contributed by atoms with Gasteiger partial charge in [0.2, 0.25) is 5.91 Å². The molecule has 0 saturated carbocycles. The molecule has 1 amide bonds. The zero-order valence-electron chi connectivity index (χ0n) is 10.8. The zero-order valence-corrected chi connectivity index (χ0v) is 10.8. The largest absolute Gasteiger partial charge is 0.376 e. The summed E-state index contributed by atoms with van der Waals surface area (Å²) in [6, 6.07) is -0.403. The van der Waals surface area contributed by atoms with E-state index in [0.29, 0.717) is 6.61 Å². The third-order valence-corrected chi connectivity index (χ3v) is 3.55. The Labute approximate surface area is 106 Å². The van der Waals surface area contributed by atoms with Crippen molar-refractivity contribution in [1.82, 2.24) is 5.32 Å². The molecule has 0 spiro atoms. The van der Waals surface area contributed by atoms with E-state index in [1.165, 1.54) is 6.92 Å². The first kappa shape index (κ1) is 13.7. The first-order chi connectivity index (χ1) is 8.57. The van der Waals surface area contributed by atoms with Gasteiger partial charge in [0, 0.05) is 27.7 Å². The second-order valence-corrected chi connectivity index (χ2v) is 4.65. The van der Waals surface area contributed by atoms with Crippen LogP contribution in [-0.2, 0) is 23.7 Å². The van der Waals surface area contributed by atoms with Crippen molar-refractivity contribution in [2.24, 2.45) is 5.73 Å². The van der Waals surface area contributed by atoms with Crippen LogP contribution in [0.1, 0.15) is 6.92 Å². The number of amides is 1. The Balaban J connectivity index is 2.27. The molecule has 2 aliphatic rings. The van der Waals surface area contributed by atoms with E-state index in [0.717, 1.165) is 0 Å². The predicted octanol–water partition coefficient (Wildman–Crippen LogP) is -1.39. The highest BCUT2D eigenvalue weighted by atomic mass is 16.7. The highest BCUT2D eigenvalue weighted by Gasteiger charge is 2.60. The number of fused-ring (bicyclic) bond motifs is 2. The van der Waals surface area contributed by atoms with Crippen LogP contribution in [0.5, 0.6) is 0 Å². The van der Waals surface area contributed by atoms with E-state index in [9.17, 15) is 4.79 Å². The fourth-order valence-corrected chi connectivity index (χ4v) is 2.72. The van der Waals surface area contributed by atoms with Crippen LogP contribution in [0, 0.1) is 0 Å². The van der Waals surface area contributed by atoms with Crippen molar-refractivity contribution in [1.29, 1.82) is 0 Å². The van der Waals surface area contributed by atoms with Crippen LogP contribution in [0.3, 0.4) is 0 Å². The van der Waals surface area contributed by atoms with Crippen molar-refractivity contribution in [3.8, 4) is 0 Å². The van der Waals surface area contributed by atoms with Gasteiger partial charge in [-0.2, -0.15) is 0 Å². The molecule has 7 heteroatoms. The van der Waals surface area contributed by atoms with E-state index in [4.69, 9.17) is 24.7 Å². The quantitative estimate of drug-likeness (QED) is 0.646. The number of carbonyl (C=O) groups is 1. The number of nitrogens with two attached hydrogens (primary N) is 1. The maximum Gasteiger partial charge on any atom is 0.217 e. The molecule has 18 heavy (non-hydrogen) atoms. The van der Waals surface area contributed by atoms with Crippen LogP contribution in [0.15, 0.2) is 0 Å². The summed E-state index contributed by atoms with van der Waals surface area (Å²) in [6.45, 7) is 2.05. The fourth-order valence-electron chi connectivity index (χ4n) is 2.72. The van der Waals surface area contributed by atoms with Crippen LogP contribution in [0.2, 0.25) is 0 Å². The Morgan fingerprint density at radius 3 is 2.72 bits per heavy atom. The molecular formula is C11H20N2O5. The molecule has 104 valence electrons. The van der Waals surface area contributed by atoms with Gasteiger partial charge < -0.3 is 30.0 Å². The smallest absolute Gasteiger partial charge is 0.217 e. The lowest BCUT2D eigenvalue weighted by atomic mass is 9.87. The molecule has 0 aromatic heterocycles. The summed E-state index contributed by atoms with van der Waals surface area (Å²) < 4.78 is 22.3. The van der Waals surface area contributed by atoms with Crippen molar-refractivity contribution in [3.05, 3.63) is 0 Å². The van der Waals surface area contributed by atoms with Crippen molar-refractivity contribution in [3.63, 3.8) is 0 Å². The molecule has 2 fully saturated rings. The van der Waals surface area contributed by atoms with Gasteiger partial charge in [0.05, 0.1) is 6.61 Å². The summed E-state index contributed by atoms with van der Waals surface area (Å²) >= 11 is 0. The van der Waals surface area contributed by atoms with Crippen molar-refractivity contribution in [2.45, 2.75) is 37.1 Å². The molecule has 5 atom stereocenters. The van der Waals surface area contributed by atoms with Gasteiger partial charge in [-0.15, -0.1) is 0 Å². The SMILES string of the molecule is CO[C@@H]1[C@@H](NC(C)=O)[C@H]2OC[C@](CN)(O2)[C@@H]1OC. The van der Waals surface area contributed by atoms with E-state index in [1.54, 1.807) is 14.2 Å². The zero-order chi connectivity index (χ0) is 13.3. The molecule has 2 aliphatic heterocycles. The number of hydrogen-bond acceptors (Lipinski definition) is 6. The van der Waals surface area contributed by atoms with Crippen molar-refractivity contribution in [2.75, 3.05) is 27.4 Å². The first-order valence-corrected chi connectivity index (χ1v) is 5.90. The fraction of sp³-hybridized carbons (Fsp3) is 0.909. The normalized spacial score (nSPS) is 42.9. The summed E-state index contributed by atoms with van der Waals surface area (Å²) in [7, 11) is 3.14. The van der Waals surface area contributed by atoms with E-state index < -0.39 is 17.9 Å². The Kier molecular flexibility index (Phi) is 3.88. The lowest BCUT2D eigenvalue weighted by Crippen LogP contribution is -2.68. The van der Waals surface area contributed by atoms with E-state index >= 15 is 0 Å². The topological polar surface area (TPSA) is 92.0 Å². The Morgan fingerprint density at radius 2 is 2.22 bits per heavy atom. The van der Waals surface area contributed by atoms with Gasteiger partial charge in [-0.05, 0) is 0 Å². The van der Waals surface area contributed by atoms with Crippen LogP contribution in [-0.4, -0.2) is 63.4 Å². The highest BCUT2D eigenvalue weighted by molar-refractivity contribution is 5.73. The number of hydrogen-bond donors (Lipinski definition) is 2. The van der Waals surface area contributed by atoms with Crippen molar-refractivity contribution >= 4 is 5.91 Å². The minimum atomic E-state index is -0.699. The number of rotatable bonds is 4. The minimum Gasteiger partial charge on any atom is -0.376 e. The molecule has 2 rings (SSSR count). The Hall–Kier alpha value is -0.730. The van der Waals surface area contributed by atoms with Crippen LogP contribution >= 0.6 is 0 Å². The summed E-state index contributed by atoms with van der Waals surface area (Å²) in [5.74, 6) is -0.170. The standard InChI is InChI=1S/C11H20N2O5/c1-6(14)13-7-8(15-2)9(16-3)11(4-12)5-17-10(7)18-11/h7-10H,4-5,12H2,1-3H3,(H,13,14)/t7-,8-,9-,10+,11+/m1/s1. The molecular weight excluding hydrogens is 240 g/mol. The minimum absolute atomic E-state index is 0.170. The average Bonchev–Trinajstić information content (AvgIpc) is 2.74. The molecule has 2 heterocycles. The monoisotopic (exact) mass is 260 g/mol. The van der Waals surface area contributed by atoms with E-state index in [1.807, 2.05) is 0 Å². The van der Waals surface area contributed by atoms with Gasteiger partial charge >= 0.3 is 0 Å². The maximum atomic E-state index is 11.2. The molecule has 2 bridgehead atoms. The average molecular weight is 260 g/mol. The number of nitrogens with one attached hydrogen (secondary N) is 1. The third-order valence-electron chi connectivity index (χ3n) is 3.55. The van der Waals surface area contributed by atoms with Gasteiger partial charge in [0.25, 0.3) is 0 Å². The molecule has 0 aromatic rings. The third kappa shape index (κ3) is 2.02. The molecule has 0 unspecified atom stereocenters. The summed E-state index contributed by atoms with van der Waals surface area (Å²) in [4.78, 5) is 11.2. The Morgan fingerprint density at radius 1 is 1.50 bits per heavy atom. The number of ether oxygens (including phenoxy) is 4. The molecule has 2 saturated heterocycles. The maximum absolute atomic E-state index is 11.2. The first-order valence-electron chi connectivity index (χ1n) is 5.90. The van der Waals surface area contributed by atoms with Gasteiger partial charge in [-0.25, -0.2) is 0 Å². The van der Waals surface area contributed by atoms with Crippen molar-refractivity contribution < 1.29 is 23.7 Å². The second kappa shape index (κ2) is 5.10. The highest BCUT2D eigenvalue weighted by Crippen LogP contribution is 2.38. The van der Waals surface area contributed by atoms with Crippen LogP contribution in [0.4, 0.5) is 0 Å². The molecule has 7 nitrogen and oxygen atoms in total. The Bertz CT molecular complexity index is 327. The molecule has 0 radical (unpaired) electrons. The summed E-state index contributed by atoms with van der Waals surface area (Å²) in [5, 5.41) is 2.78. The number of carbonyl (C=O) groups excluding carboxylic acids is 1. The van der Waals surface area contributed by atoms with E-state index in [-0.39, 0.29) is 24.7 Å². The van der Waals surface area contributed by atoms with Gasteiger partial charge in [0.1, 0.15) is 23.9 Å².